The summed E-state index contributed by atoms with van der Waals surface area (Å²) < 4.78 is 4.91. The van der Waals surface area contributed by atoms with Gasteiger partial charge in [0.1, 0.15) is 6.10 Å². The molecule has 3 heteroatoms. The molecule has 0 aliphatic carbocycles. The Balaban J connectivity index is 2.44. The number of hydrogen-bond acceptors (Lipinski definition) is 2. The van der Waals surface area contributed by atoms with E-state index in [-0.39, 0.29) is 12.2 Å². The monoisotopic (exact) mass is 129 g/mol. The van der Waals surface area contributed by atoms with Crippen LogP contribution in [0.15, 0.2) is 0 Å². The minimum atomic E-state index is -0.193. The first kappa shape index (κ1) is 6.39. The number of cyclic esters (lactones) is 1. The molecule has 1 heterocycles. The summed E-state index contributed by atoms with van der Waals surface area (Å²) in [4.78, 5) is 12.2. The standard InChI is InChI=1S/C6H11NO2/c1-3-5-4-7(2)6(8)9-5/h5H,3-4H2,1-2H3. The largest absolute Gasteiger partial charge is 0.444 e. The summed E-state index contributed by atoms with van der Waals surface area (Å²) in [6, 6.07) is 0. The lowest BCUT2D eigenvalue weighted by Gasteiger charge is -2.01. The van der Waals surface area contributed by atoms with Crippen LogP contribution in [-0.2, 0) is 4.74 Å². The van der Waals surface area contributed by atoms with E-state index >= 15 is 0 Å². The zero-order valence-electron chi connectivity index (χ0n) is 5.76. The number of carbonyl (C=O) groups excluding carboxylic acids is 1. The van der Waals surface area contributed by atoms with Crippen LogP contribution in [0.3, 0.4) is 0 Å². The Morgan fingerprint density at radius 1 is 1.89 bits per heavy atom. The van der Waals surface area contributed by atoms with Crippen molar-refractivity contribution in [3.05, 3.63) is 0 Å². The van der Waals surface area contributed by atoms with Crippen LogP contribution in [0.5, 0.6) is 0 Å². The van der Waals surface area contributed by atoms with Gasteiger partial charge >= 0.3 is 6.09 Å². The second-order valence-corrected chi connectivity index (χ2v) is 2.29. The molecule has 1 rings (SSSR count). The van der Waals surface area contributed by atoms with Crippen molar-refractivity contribution >= 4 is 6.09 Å². The molecule has 0 aromatic heterocycles. The van der Waals surface area contributed by atoms with Crippen molar-refractivity contribution in [2.45, 2.75) is 19.4 Å². The molecular weight excluding hydrogens is 118 g/mol. The number of likely N-dealkylation sites (N-methyl/N-ethyl adjacent to an activating group) is 1. The Morgan fingerprint density at radius 2 is 2.56 bits per heavy atom. The highest BCUT2D eigenvalue weighted by Gasteiger charge is 2.25. The molecule has 3 nitrogen and oxygen atoms in total. The summed E-state index contributed by atoms with van der Waals surface area (Å²) in [6.45, 7) is 2.76. The molecule has 1 aliphatic heterocycles. The molecule has 0 spiro atoms. The van der Waals surface area contributed by atoms with Gasteiger partial charge in [0.05, 0.1) is 6.54 Å². The van der Waals surface area contributed by atoms with Gasteiger partial charge in [-0.2, -0.15) is 0 Å². The van der Waals surface area contributed by atoms with E-state index in [0.29, 0.717) is 0 Å². The van der Waals surface area contributed by atoms with Gasteiger partial charge in [0, 0.05) is 7.05 Å². The normalized spacial score (nSPS) is 26.7. The number of ether oxygens (including phenoxy) is 1. The highest BCUT2D eigenvalue weighted by molar-refractivity contribution is 5.69. The number of nitrogens with zero attached hydrogens (tertiary/aromatic N) is 1. The van der Waals surface area contributed by atoms with Crippen LogP contribution in [0.2, 0.25) is 0 Å². The van der Waals surface area contributed by atoms with Crippen molar-refractivity contribution in [2.75, 3.05) is 13.6 Å². The van der Waals surface area contributed by atoms with Gasteiger partial charge in [-0.05, 0) is 6.42 Å². The fraction of sp³-hybridized carbons (Fsp3) is 0.833. The van der Waals surface area contributed by atoms with Gasteiger partial charge < -0.3 is 9.64 Å². The van der Waals surface area contributed by atoms with Gasteiger partial charge in [-0.1, -0.05) is 6.92 Å². The fourth-order valence-electron chi connectivity index (χ4n) is 0.862. The van der Waals surface area contributed by atoms with Crippen LogP contribution in [0, 0.1) is 0 Å². The van der Waals surface area contributed by atoms with E-state index in [4.69, 9.17) is 4.74 Å². The maximum Gasteiger partial charge on any atom is 0.409 e. The molecule has 52 valence electrons. The van der Waals surface area contributed by atoms with Crippen LogP contribution < -0.4 is 0 Å². The van der Waals surface area contributed by atoms with Gasteiger partial charge in [0.15, 0.2) is 0 Å². The third-order valence-electron chi connectivity index (χ3n) is 1.51. The molecule has 1 unspecified atom stereocenters. The third-order valence-corrected chi connectivity index (χ3v) is 1.51. The summed E-state index contributed by atoms with van der Waals surface area (Å²) in [5.74, 6) is 0. The van der Waals surface area contributed by atoms with Crippen LogP contribution in [0.4, 0.5) is 4.79 Å². The van der Waals surface area contributed by atoms with Crippen molar-refractivity contribution in [3.63, 3.8) is 0 Å². The Hall–Kier alpha value is -0.730. The zero-order valence-corrected chi connectivity index (χ0v) is 5.76. The van der Waals surface area contributed by atoms with Crippen molar-refractivity contribution < 1.29 is 9.53 Å². The van der Waals surface area contributed by atoms with Gasteiger partial charge in [0.2, 0.25) is 0 Å². The molecule has 1 amide bonds. The van der Waals surface area contributed by atoms with Crippen LogP contribution in [-0.4, -0.2) is 30.7 Å². The maximum absolute atomic E-state index is 10.6. The second kappa shape index (κ2) is 2.25. The Kier molecular flexibility index (Phi) is 1.60. The van der Waals surface area contributed by atoms with Crippen LogP contribution in [0.1, 0.15) is 13.3 Å². The van der Waals surface area contributed by atoms with Gasteiger partial charge in [-0.15, -0.1) is 0 Å². The lowest BCUT2D eigenvalue weighted by Crippen LogP contribution is -2.18. The van der Waals surface area contributed by atoms with Crippen molar-refractivity contribution in [1.29, 1.82) is 0 Å². The highest BCUT2D eigenvalue weighted by Crippen LogP contribution is 2.10. The maximum atomic E-state index is 10.6. The molecule has 0 N–H and O–H groups in total. The topological polar surface area (TPSA) is 29.5 Å². The molecule has 0 aromatic carbocycles. The molecular formula is C6H11NO2. The van der Waals surface area contributed by atoms with Crippen molar-refractivity contribution in [3.8, 4) is 0 Å². The lowest BCUT2D eigenvalue weighted by atomic mass is 10.3. The van der Waals surface area contributed by atoms with E-state index in [1.165, 1.54) is 0 Å². The van der Waals surface area contributed by atoms with Gasteiger partial charge in [-0.25, -0.2) is 4.79 Å². The minimum Gasteiger partial charge on any atom is -0.444 e. The number of carbonyl (C=O) groups is 1. The van der Waals surface area contributed by atoms with E-state index in [2.05, 4.69) is 0 Å². The molecule has 1 fully saturated rings. The van der Waals surface area contributed by atoms with E-state index in [1.807, 2.05) is 6.92 Å². The summed E-state index contributed by atoms with van der Waals surface area (Å²) >= 11 is 0. The second-order valence-electron chi connectivity index (χ2n) is 2.29. The first-order valence-corrected chi connectivity index (χ1v) is 3.15. The molecule has 0 radical (unpaired) electrons. The number of amides is 1. The SMILES string of the molecule is CCC1CN(C)C(=O)O1. The van der Waals surface area contributed by atoms with Gasteiger partial charge in [-0.3, -0.25) is 0 Å². The number of hydrogen-bond donors (Lipinski definition) is 0. The predicted molar refractivity (Wildman–Crippen MR) is 33.2 cm³/mol. The summed E-state index contributed by atoms with van der Waals surface area (Å²) in [6.07, 6.45) is 0.847. The molecule has 0 bridgehead atoms. The smallest absolute Gasteiger partial charge is 0.409 e. The number of rotatable bonds is 1. The Bertz CT molecular complexity index is 124. The molecule has 1 atom stereocenters. The minimum absolute atomic E-state index is 0.127. The average Bonchev–Trinajstić information content (AvgIpc) is 2.13. The van der Waals surface area contributed by atoms with E-state index in [9.17, 15) is 4.79 Å². The molecule has 1 saturated heterocycles. The third kappa shape index (κ3) is 1.15. The van der Waals surface area contributed by atoms with Crippen molar-refractivity contribution in [1.82, 2.24) is 4.90 Å². The summed E-state index contributed by atoms with van der Waals surface area (Å²) in [5, 5.41) is 0. The highest BCUT2D eigenvalue weighted by atomic mass is 16.6. The first-order valence-electron chi connectivity index (χ1n) is 3.15. The molecule has 1 aliphatic rings. The summed E-state index contributed by atoms with van der Waals surface area (Å²) in [7, 11) is 1.75. The van der Waals surface area contributed by atoms with Crippen LogP contribution >= 0.6 is 0 Å². The average molecular weight is 129 g/mol. The summed E-state index contributed by atoms with van der Waals surface area (Å²) in [5.41, 5.74) is 0. The molecule has 0 aromatic rings. The molecule has 9 heavy (non-hydrogen) atoms. The quantitative estimate of drug-likeness (QED) is 0.525. The Labute approximate surface area is 54.6 Å². The molecule has 0 saturated carbocycles. The van der Waals surface area contributed by atoms with E-state index in [1.54, 1.807) is 11.9 Å². The zero-order chi connectivity index (χ0) is 6.85. The van der Waals surface area contributed by atoms with Crippen molar-refractivity contribution in [2.24, 2.45) is 0 Å². The van der Waals surface area contributed by atoms with E-state index in [0.717, 1.165) is 13.0 Å². The Morgan fingerprint density at radius 3 is 2.78 bits per heavy atom. The fourth-order valence-corrected chi connectivity index (χ4v) is 0.862. The lowest BCUT2D eigenvalue weighted by molar-refractivity contribution is 0.132. The van der Waals surface area contributed by atoms with Gasteiger partial charge in [0.25, 0.3) is 0 Å². The first-order chi connectivity index (χ1) is 4.24. The predicted octanol–water partition coefficient (Wildman–Crippen LogP) is 0.847. The van der Waals surface area contributed by atoms with E-state index < -0.39 is 0 Å². The van der Waals surface area contributed by atoms with Crippen LogP contribution in [0.25, 0.3) is 0 Å².